The summed E-state index contributed by atoms with van der Waals surface area (Å²) >= 11 is 6.44. The summed E-state index contributed by atoms with van der Waals surface area (Å²) in [6, 6.07) is 12.7. The van der Waals surface area contributed by atoms with Crippen LogP contribution in [0.4, 0.5) is 20.2 Å². The van der Waals surface area contributed by atoms with Gasteiger partial charge in [-0.2, -0.15) is 0 Å². The Hall–Kier alpha value is -4.29. The number of nitrogens with zero attached hydrogens (tertiary/aromatic N) is 2. The number of nitrogens with one attached hydrogen (secondary N) is 1. The Bertz CT molecular complexity index is 1580. The van der Waals surface area contributed by atoms with E-state index in [9.17, 15) is 28.3 Å². The van der Waals surface area contributed by atoms with Crippen LogP contribution in [0.15, 0.2) is 59.5 Å². The zero-order valence-electron chi connectivity index (χ0n) is 21.3. The second-order valence-electron chi connectivity index (χ2n) is 8.97. The first-order valence-corrected chi connectivity index (χ1v) is 13.1. The Kier molecular flexibility index (Phi) is 8.50. The predicted octanol–water partition coefficient (Wildman–Crippen LogP) is 5.33. The summed E-state index contributed by atoms with van der Waals surface area (Å²) in [7, 11) is 3.65. The van der Waals surface area contributed by atoms with Crippen LogP contribution in [-0.4, -0.2) is 57.9 Å². The Morgan fingerprint density at radius 2 is 1.82 bits per heavy atom. The van der Waals surface area contributed by atoms with Crippen LogP contribution in [0.25, 0.3) is 17.2 Å². The van der Waals surface area contributed by atoms with Crippen molar-refractivity contribution in [3.05, 3.63) is 82.3 Å². The summed E-state index contributed by atoms with van der Waals surface area (Å²) in [6.45, 7) is 0.00665. The molecule has 0 atom stereocenters. The number of amides is 2. The van der Waals surface area contributed by atoms with Crippen molar-refractivity contribution in [2.75, 3.05) is 30.9 Å². The fraction of sp³-hybridized carbons (Fsp3) is 0.143. The van der Waals surface area contributed by atoms with E-state index in [1.165, 1.54) is 23.1 Å². The summed E-state index contributed by atoms with van der Waals surface area (Å²) in [5.41, 5.74) is 2.45. The van der Waals surface area contributed by atoms with Gasteiger partial charge in [0.25, 0.3) is 5.91 Å². The van der Waals surface area contributed by atoms with E-state index in [0.29, 0.717) is 21.6 Å². The lowest BCUT2D eigenvalue weighted by Crippen LogP contribution is -2.31. The minimum absolute atomic E-state index is 0.00665. The Morgan fingerprint density at radius 3 is 2.48 bits per heavy atom. The summed E-state index contributed by atoms with van der Waals surface area (Å²) < 4.78 is 27.7. The van der Waals surface area contributed by atoms with Crippen molar-refractivity contribution in [2.45, 2.75) is 6.42 Å². The molecule has 3 aromatic carbocycles. The van der Waals surface area contributed by atoms with Gasteiger partial charge in [-0.15, -0.1) is 0 Å². The highest BCUT2D eigenvalue weighted by Gasteiger charge is 2.32. The van der Waals surface area contributed by atoms with E-state index in [1.54, 1.807) is 18.2 Å². The molecular formula is C28H23F2N3O5S2. The van der Waals surface area contributed by atoms with Gasteiger partial charge in [-0.05, 0) is 53.6 Å². The summed E-state index contributed by atoms with van der Waals surface area (Å²) in [4.78, 5) is 40.0. The minimum Gasteiger partial charge on any atom is -0.507 e. The third-order valence-electron chi connectivity index (χ3n) is 5.98. The number of thioether (sulfide) groups is 1. The van der Waals surface area contributed by atoms with Crippen LogP contribution in [0.1, 0.15) is 22.3 Å². The number of carboxylic acids is 1. The van der Waals surface area contributed by atoms with Crippen LogP contribution >= 0.6 is 24.0 Å². The molecule has 0 aliphatic carbocycles. The van der Waals surface area contributed by atoms with Gasteiger partial charge in [0, 0.05) is 50.1 Å². The van der Waals surface area contributed by atoms with Crippen LogP contribution in [0.3, 0.4) is 0 Å². The van der Waals surface area contributed by atoms with Gasteiger partial charge in [-0.1, -0.05) is 36.1 Å². The molecule has 1 aliphatic rings. The molecular weight excluding hydrogens is 560 g/mol. The number of aromatic carboxylic acids is 1. The zero-order valence-corrected chi connectivity index (χ0v) is 22.9. The number of rotatable bonds is 8. The standard InChI is InChI=1S/C28H23F2N3O5S2/c1-32(2)22-8-3-15(11-19(22)16-4-7-20(29)21(30)13-16)12-24-26(36)33(28(39)40-24)10-9-25(35)31-17-5-6-18(27(37)38)23(34)14-17/h3-8,11-14,34H,9-10H2,1-2H3,(H,31,35)(H,37,38). The summed E-state index contributed by atoms with van der Waals surface area (Å²) in [6.07, 6.45) is 1.55. The number of carboxylic acid groups (broad SMARTS) is 1. The van der Waals surface area contributed by atoms with Gasteiger partial charge in [0.1, 0.15) is 15.6 Å². The van der Waals surface area contributed by atoms with Crippen LogP contribution in [-0.2, 0) is 9.59 Å². The molecule has 0 saturated carbocycles. The number of carbonyl (C=O) groups is 3. The van der Waals surface area contributed by atoms with E-state index in [4.69, 9.17) is 17.3 Å². The van der Waals surface area contributed by atoms with Crippen LogP contribution in [0.2, 0.25) is 0 Å². The Balaban J connectivity index is 1.48. The fourth-order valence-electron chi connectivity index (χ4n) is 4.00. The molecule has 1 fully saturated rings. The molecule has 1 saturated heterocycles. The van der Waals surface area contributed by atoms with E-state index in [2.05, 4.69) is 5.32 Å². The van der Waals surface area contributed by atoms with E-state index in [0.717, 1.165) is 35.6 Å². The second kappa shape index (κ2) is 11.8. The lowest BCUT2D eigenvalue weighted by atomic mass is 9.99. The predicted molar refractivity (Wildman–Crippen MR) is 154 cm³/mol. The van der Waals surface area contributed by atoms with Crippen molar-refractivity contribution in [2.24, 2.45) is 0 Å². The molecule has 1 heterocycles. The number of hydrogen-bond donors (Lipinski definition) is 3. The van der Waals surface area contributed by atoms with Crippen molar-refractivity contribution in [1.29, 1.82) is 0 Å². The van der Waals surface area contributed by atoms with Gasteiger partial charge in [-0.3, -0.25) is 14.5 Å². The molecule has 4 rings (SSSR count). The molecule has 3 aromatic rings. The zero-order chi connectivity index (χ0) is 29.1. The number of hydrogen-bond acceptors (Lipinski definition) is 7. The molecule has 0 radical (unpaired) electrons. The number of carbonyl (C=O) groups excluding carboxylic acids is 2. The average molecular weight is 584 g/mol. The van der Waals surface area contributed by atoms with E-state index in [-0.39, 0.29) is 34.4 Å². The summed E-state index contributed by atoms with van der Waals surface area (Å²) in [5.74, 6) is -4.54. The number of phenols is 1. The monoisotopic (exact) mass is 583 g/mol. The van der Waals surface area contributed by atoms with Gasteiger partial charge in [0.05, 0.1) is 4.91 Å². The van der Waals surface area contributed by atoms with Crippen molar-refractivity contribution >= 4 is 63.5 Å². The average Bonchev–Trinajstić information content (AvgIpc) is 3.15. The first-order valence-electron chi connectivity index (χ1n) is 11.8. The maximum Gasteiger partial charge on any atom is 0.339 e. The molecule has 8 nitrogen and oxygen atoms in total. The van der Waals surface area contributed by atoms with Gasteiger partial charge in [0.15, 0.2) is 11.6 Å². The minimum atomic E-state index is -1.30. The molecule has 12 heteroatoms. The molecule has 0 unspecified atom stereocenters. The smallest absolute Gasteiger partial charge is 0.339 e. The first kappa shape index (κ1) is 28.7. The third kappa shape index (κ3) is 6.29. The molecule has 1 aliphatic heterocycles. The number of halogens is 2. The van der Waals surface area contributed by atoms with Crippen molar-refractivity contribution in [3.63, 3.8) is 0 Å². The number of aromatic hydroxyl groups is 1. The van der Waals surface area contributed by atoms with Gasteiger partial charge >= 0.3 is 5.97 Å². The largest absolute Gasteiger partial charge is 0.507 e. The quantitative estimate of drug-likeness (QED) is 0.241. The Labute approximate surface area is 237 Å². The third-order valence-corrected chi connectivity index (χ3v) is 7.36. The SMILES string of the molecule is CN(C)c1ccc(C=C2SC(=S)N(CCC(=O)Nc3ccc(C(=O)O)c(O)c3)C2=O)cc1-c1ccc(F)c(F)c1. The van der Waals surface area contributed by atoms with E-state index in [1.807, 2.05) is 25.1 Å². The molecule has 206 valence electrons. The van der Waals surface area contributed by atoms with Crippen LogP contribution in [0.5, 0.6) is 5.75 Å². The molecule has 0 spiro atoms. The molecule has 2 amide bonds. The highest BCUT2D eigenvalue weighted by Crippen LogP contribution is 2.36. The lowest BCUT2D eigenvalue weighted by molar-refractivity contribution is -0.122. The molecule has 0 aromatic heterocycles. The van der Waals surface area contributed by atoms with E-state index >= 15 is 0 Å². The molecule has 3 N–H and O–H groups in total. The normalized spacial score (nSPS) is 14.1. The van der Waals surface area contributed by atoms with Gasteiger partial charge < -0.3 is 20.4 Å². The molecule has 40 heavy (non-hydrogen) atoms. The fourth-order valence-corrected chi connectivity index (χ4v) is 5.31. The van der Waals surface area contributed by atoms with Crippen molar-refractivity contribution in [3.8, 4) is 16.9 Å². The van der Waals surface area contributed by atoms with E-state index < -0.39 is 29.3 Å². The van der Waals surface area contributed by atoms with Crippen molar-refractivity contribution in [1.82, 2.24) is 4.90 Å². The first-order chi connectivity index (χ1) is 18.9. The Morgan fingerprint density at radius 1 is 1.07 bits per heavy atom. The lowest BCUT2D eigenvalue weighted by Gasteiger charge is -2.18. The van der Waals surface area contributed by atoms with Gasteiger partial charge in [0.2, 0.25) is 5.91 Å². The molecule has 0 bridgehead atoms. The van der Waals surface area contributed by atoms with Crippen molar-refractivity contribution < 1.29 is 33.4 Å². The summed E-state index contributed by atoms with van der Waals surface area (Å²) in [5, 5.41) is 21.3. The van der Waals surface area contributed by atoms with Gasteiger partial charge in [-0.25, -0.2) is 13.6 Å². The maximum atomic E-state index is 13.9. The van der Waals surface area contributed by atoms with Crippen LogP contribution in [0, 0.1) is 11.6 Å². The maximum absolute atomic E-state index is 13.9. The highest BCUT2D eigenvalue weighted by atomic mass is 32.2. The number of anilines is 2. The van der Waals surface area contributed by atoms with Crippen LogP contribution < -0.4 is 10.2 Å². The second-order valence-corrected chi connectivity index (χ2v) is 10.6. The number of benzene rings is 3. The highest BCUT2D eigenvalue weighted by molar-refractivity contribution is 8.26. The topological polar surface area (TPSA) is 110 Å². The number of thiocarbonyl (C=S) groups is 1.